The van der Waals surface area contributed by atoms with Gasteiger partial charge in [0.15, 0.2) is 6.10 Å². The molecule has 2 aliphatic heterocycles. The van der Waals surface area contributed by atoms with Gasteiger partial charge in [0.1, 0.15) is 36.9 Å². The molecule has 0 aromatic heterocycles. The number of rotatable bonds is 12. The SMILES string of the molecule is CCO[C@H](C(=O)N1C(=O)OCC1Cc1ccccc1)[C@H](O)c1ccc2c(c1)C=CC(Cc1ccc(OCc3ccccc3)cc1)O2. The highest BCUT2D eigenvalue weighted by molar-refractivity contribution is 5.96. The topological polar surface area (TPSA) is 94.5 Å². The number of aliphatic hydroxyl groups excluding tert-OH is 1. The minimum absolute atomic E-state index is 0.0860. The molecular formula is C38H37NO7. The zero-order valence-corrected chi connectivity index (χ0v) is 25.7. The van der Waals surface area contributed by atoms with E-state index in [2.05, 4.69) is 0 Å². The predicted octanol–water partition coefficient (Wildman–Crippen LogP) is 6.31. The highest BCUT2D eigenvalue weighted by Crippen LogP contribution is 2.33. The molecule has 0 bridgehead atoms. The Labute approximate surface area is 268 Å². The molecule has 0 spiro atoms. The van der Waals surface area contributed by atoms with E-state index < -0.39 is 30.3 Å². The second kappa shape index (κ2) is 14.5. The number of aliphatic hydroxyl groups is 1. The molecule has 1 fully saturated rings. The molecule has 4 atom stereocenters. The molecule has 2 heterocycles. The van der Waals surface area contributed by atoms with Crippen LogP contribution in [0.4, 0.5) is 4.79 Å². The first-order valence-corrected chi connectivity index (χ1v) is 15.6. The normalized spacial score (nSPS) is 18.3. The van der Waals surface area contributed by atoms with E-state index in [1.807, 2.05) is 97.1 Å². The first kappa shape index (κ1) is 31.1. The number of benzene rings is 4. The second-order valence-corrected chi connectivity index (χ2v) is 11.4. The van der Waals surface area contributed by atoms with Crippen LogP contribution in [-0.4, -0.2) is 53.5 Å². The monoisotopic (exact) mass is 619 g/mol. The molecule has 2 amide bonds. The molecule has 0 aliphatic carbocycles. The van der Waals surface area contributed by atoms with E-state index in [1.54, 1.807) is 25.1 Å². The van der Waals surface area contributed by atoms with Gasteiger partial charge in [-0.1, -0.05) is 84.9 Å². The number of nitrogens with zero attached hydrogens (tertiary/aromatic N) is 1. The Hall–Kier alpha value is -4.92. The number of hydrogen-bond donors (Lipinski definition) is 1. The largest absolute Gasteiger partial charge is 0.489 e. The van der Waals surface area contributed by atoms with Crippen LogP contribution in [0.2, 0.25) is 0 Å². The lowest BCUT2D eigenvalue weighted by Crippen LogP contribution is -2.48. The van der Waals surface area contributed by atoms with Crippen LogP contribution in [-0.2, 0) is 33.7 Å². The molecule has 8 heteroatoms. The van der Waals surface area contributed by atoms with Gasteiger partial charge in [0.05, 0.1) is 6.04 Å². The van der Waals surface area contributed by atoms with Crippen molar-refractivity contribution < 1.29 is 33.6 Å². The average Bonchev–Trinajstić information content (AvgIpc) is 3.46. The van der Waals surface area contributed by atoms with E-state index in [-0.39, 0.29) is 19.3 Å². The van der Waals surface area contributed by atoms with Crippen LogP contribution in [0, 0.1) is 0 Å². The molecular weight excluding hydrogens is 582 g/mol. The smallest absolute Gasteiger partial charge is 0.417 e. The number of hydrogen-bond acceptors (Lipinski definition) is 7. The van der Waals surface area contributed by atoms with Gasteiger partial charge in [-0.15, -0.1) is 0 Å². The molecule has 1 saturated heterocycles. The fourth-order valence-electron chi connectivity index (χ4n) is 5.76. The van der Waals surface area contributed by atoms with E-state index in [0.29, 0.717) is 30.8 Å². The summed E-state index contributed by atoms with van der Waals surface area (Å²) in [6.45, 7) is 2.52. The molecule has 0 radical (unpaired) electrons. The Morgan fingerprint density at radius 3 is 2.33 bits per heavy atom. The van der Waals surface area contributed by atoms with E-state index in [0.717, 1.165) is 32.9 Å². The Kier molecular flexibility index (Phi) is 9.76. The number of carbonyl (C=O) groups excluding carboxylic acids is 2. The fraction of sp³-hybridized carbons (Fsp3) is 0.263. The van der Waals surface area contributed by atoms with Crippen LogP contribution >= 0.6 is 0 Å². The number of ether oxygens (including phenoxy) is 4. The van der Waals surface area contributed by atoms with Crippen molar-refractivity contribution in [1.29, 1.82) is 0 Å². The lowest BCUT2D eigenvalue weighted by Gasteiger charge is -2.28. The van der Waals surface area contributed by atoms with Crippen molar-refractivity contribution in [3.8, 4) is 11.5 Å². The first-order valence-electron chi connectivity index (χ1n) is 15.6. The predicted molar refractivity (Wildman–Crippen MR) is 173 cm³/mol. The second-order valence-electron chi connectivity index (χ2n) is 11.4. The molecule has 2 aliphatic rings. The van der Waals surface area contributed by atoms with Gasteiger partial charge in [0, 0.05) is 18.6 Å². The molecule has 2 unspecified atom stereocenters. The maximum absolute atomic E-state index is 13.7. The molecule has 46 heavy (non-hydrogen) atoms. The van der Waals surface area contributed by atoms with Crippen molar-refractivity contribution in [2.45, 2.75) is 50.7 Å². The van der Waals surface area contributed by atoms with Gasteiger partial charge >= 0.3 is 6.09 Å². The molecule has 4 aromatic rings. The minimum Gasteiger partial charge on any atom is -0.489 e. The lowest BCUT2D eigenvalue weighted by atomic mass is 9.97. The van der Waals surface area contributed by atoms with Crippen LogP contribution in [0.5, 0.6) is 11.5 Å². The van der Waals surface area contributed by atoms with Gasteiger partial charge in [-0.2, -0.15) is 0 Å². The maximum Gasteiger partial charge on any atom is 0.417 e. The summed E-state index contributed by atoms with van der Waals surface area (Å²) in [6, 6.07) is 32.5. The van der Waals surface area contributed by atoms with E-state index in [9.17, 15) is 14.7 Å². The van der Waals surface area contributed by atoms with Gasteiger partial charge in [-0.25, -0.2) is 9.69 Å². The summed E-state index contributed by atoms with van der Waals surface area (Å²) in [7, 11) is 0. The summed E-state index contributed by atoms with van der Waals surface area (Å²) in [5, 5.41) is 11.4. The first-order chi connectivity index (χ1) is 22.5. The summed E-state index contributed by atoms with van der Waals surface area (Å²) in [6.07, 6.45) is 1.58. The quantitative estimate of drug-likeness (QED) is 0.199. The van der Waals surface area contributed by atoms with Crippen molar-refractivity contribution in [1.82, 2.24) is 4.90 Å². The van der Waals surface area contributed by atoms with Crippen LogP contribution in [0.25, 0.3) is 6.08 Å². The minimum atomic E-state index is -1.31. The fourth-order valence-corrected chi connectivity index (χ4v) is 5.76. The van der Waals surface area contributed by atoms with Gasteiger partial charge in [0.2, 0.25) is 0 Å². The lowest BCUT2D eigenvalue weighted by molar-refractivity contribution is -0.149. The van der Waals surface area contributed by atoms with Gasteiger partial charge in [-0.05, 0) is 65.9 Å². The Balaban J connectivity index is 1.09. The molecule has 6 rings (SSSR count). The third kappa shape index (κ3) is 7.30. The number of amides is 2. The number of cyclic esters (lactones) is 1. The Morgan fingerprint density at radius 2 is 1.61 bits per heavy atom. The van der Waals surface area contributed by atoms with Crippen molar-refractivity contribution >= 4 is 18.1 Å². The van der Waals surface area contributed by atoms with Crippen LogP contribution < -0.4 is 9.47 Å². The van der Waals surface area contributed by atoms with Crippen molar-refractivity contribution in [2.24, 2.45) is 0 Å². The van der Waals surface area contributed by atoms with Gasteiger partial charge in [0.25, 0.3) is 5.91 Å². The zero-order valence-electron chi connectivity index (χ0n) is 25.7. The van der Waals surface area contributed by atoms with Gasteiger partial charge < -0.3 is 24.1 Å². The summed E-state index contributed by atoms with van der Waals surface area (Å²) < 4.78 is 23.2. The van der Waals surface area contributed by atoms with E-state index in [1.165, 1.54) is 0 Å². The van der Waals surface area contributed by atoms with Crippen LogP contribution in [0.3, 0.4) is 0 Å². The Bertz CT molecular complexity index is 1660. The highest BCUT2D eigenvalue weighted by atomic mass is 16.6. The summed E-state index contributed by atoms with van der Waals surface area (Å²) >= 11 is 0. The van der Waals surface area contributed by atoms with E-state index in [4.69, 9.17) is 18.9 Å². The molecule has 236 valence electrons. The highest BCUT2D eigenvalue weighted by Gasteiger charge is 2.43. The Morgan fingerprint density at radius 1 is 0.913 bits per heavy atom. The molecule has 0 saturated carbocycles. The third-order valence-electron chi connectivity index (χ3n) is 8.14. The molecule has 1 N–H and O–H groups in total. The number of carbonyl (C=O) groups is 2. The molecule has 8 nitrogen and oxygen atoms in total. The van der Waals surface area contributed by atoms with Crippen molar-refractivity contribution in [2.75, 3.05) is 13.2 Å². The molecule has 4 aromatic carbocycles. The van der Waals surface area contributed by atoms with Crippen LogP contribution in [0.15, 0.2) is 109 Å². The van der Waals surface area contributed by atoms with Crippen molar-refractivity contribution in [3.05, 3.63) is 137 Å². The number of fused-ring (bicyclic) bond motifs is 1. The average molecular weight is 620 g/mol. The van der Waals surface area contributed by atoms with Gasteiger partial charge in [-0.3, -0.25) is 4.79 Å². The van der Waals surface area contributed by atoms with Crippen molar-refractivity contribution in [3.63, 3.8) is 0 Å². The van der Waals surface area contributed by atoms with Crippen LogP contribution in [0.1, 0.15) is 40.8 Å². The standard InChI is InChI=1S/C38H37NO7/c1-2-43-36(37(41)39-31(25-45-38(39)42)21-26-9-5-3-6-10-26)35(40)30-16-20-34-29(23-30)15-19-33(46-34)22-27-13-17-32(18-14-27)44-24-28-11-7-4-8-12-28/h3-20,23,31,33,35-36,40H,2,21-22,24-25H2,1H3/t31?,33?,35-,36+/m1/s1. The summed E-state index contributed by atoms with van der Waals surface area (Å²) in [5.74, 6) is 0.858. The third-order valence-corrected chi connectivity index (χ3v) is 8.14. The number of imide groups is 1. The zero-order chi connectivity index (χ0) is 31.9. The summed E-state index contributed by atoms with van der Waals surface area (Å²) in [5.41, 5.74) is 4.46. The maximum atomic E-state index is 13.7. The summed E-state index contributed by atoms with van der Waals surface area (Å²) in [4.78, 5) is 27.4. The van der Waals surface area contributed by atoms with E-state index >= 15 is 0 Å².